The third-order valence-corrected chi connectivity index (χ3v) is 3.25. The summed E-state index contributed by atoms with van der Waals surface area (Å²) >= 11 is 0. The molecule has 2 unspecified atom stereocenters. The fraction of sp³-hybridized carbons (Fsp3) is 0.500. The van der Waals surface area contributed by atoms with Crippen molar-refractivity contribution in [2.45, 2.75) is 39.3 Å². The van der Waals surface area contributed by atoms with Crippen molar-refractivity contribution in [3.05, 3.63) is 28.4 Å². The first-order valence-corrected chi connectivity index (χ1v) is 7.17. The number of carbonyl (C=O) groups excluding carboxylic acids is 1. The number of anilines is 1. The molecule has 23 heavy (non-hydrogen) atoms. The molecule has 0 aliphatic rings. The number of rotatable bonds is 8. The molecule has 3 N–H and O–H groups in total. The normalized spacial score (nSPS) is 13.2. The minimum atomic E-state index is -1.13. The number of hydrogen-bond acceptors (Lipinski definition) is 6. The van der Waals surface area contributed by atoms with Crippen LogP contribution in [0.15, 0.2) is 18.3 Å². The van der Waals surface area contributed by atoms with Crippen LogP contribution in [-0.4, -0.2) is 39.0 Å². The van der Waals surface area contributed by atoms with Gasteiger partial charge < -0.3 is 15.7 Å². The van der Waals surface area contributed by atoms with E-state index in [9.17, 15) is 19.7 Å². The number of carboxylic acids is 1. The van der Waals surface area contributed by atoms with Crippen LogP contribution in [0.3, 0.4) is 0 Å². The predicted molar refractivity (Wildman–Crippen MR) is 83.0 cm³/mol. The summed E-state index contributed by atoms with van der Waals surface area (Å²) in [5, 5.41) is 25.2. The molecule has 9 heteroatoms. The van der Waals surface area contributed by atoms with Crippen LogP contribution in [0.1, 0.15) is 27.2 Å². The molecule has 1 heterocycles. The molecule has 0 spiro atoms. The smallest absolute Gasteiger partial charge is 0.326 e. The monoisotopic (exact) mass is 324 g/mol. The number of carbonyl (C=O) groups is 2. The number of pyridine rings is 1. The maximum Gasteiger partial charge on any atom is 0.326 e. The molecule has 0 radical (unpaired) electrons. The minimum absolute atomic E-state index is 0.0327. The molecule has 0 fully saturated rings. The number of nitrogens with one attached hydrogen (secondary N) is 2. The van der Waals surface area contributed by atoms with Gasteiger partial charge >= 0.3 is 11.7 Å². The second-order valence-corrected chi connectivity index (χ2v) is 5.30. The molecular weight excluding hydrogens is 304 g/mol. The quantitative estimate of drug-likeness (QED) is 0.486. The molecule has 0 aliphatic heterocycles. The van der Waals surface area contributed by atoms with Gasteiger partial charge in [0, 0.05) is 12.3 Å². The van der Waals surface area contributed by atoms with Crippen LogP contribution < -0.4 is 10.6 Å². The van der Waals surface area contributed by atoms with Crippen molar-refractivity contribution in [2.75, 3.05) is 5.32 Å². The molecule has 0 saturated carbocycles. The maximum absolute atomic E-state index is 12.3. The Kier molecular flexibility index (Phi) is 6.43. The summed E-state index contributed by atoms with van der Waals surface area (Å²) < 4.78 is 0. The zero-order valence-corrected chi connectivity index (χ0v) is 13.1. The van der Waals surface area contributed by atoms with Crippen molar-refractivity contribution in [3.63, 3.8) is 0 Å². The summed E-state index contributed by atoms with van der Waals surface area (Å²) in [6.45, 7) is 5.13. The van der Waals surface area contributed by atoms with Crippen LogP contribution in [0.5, 0.6) is 0 Å². The molecule has 0 bridgehead atoms. The van der Waals surface area contributed by atoms with Gasteiger partial charge in [0.2, 0.25) is 11.7 Å². The highest BCUT2D eigenvalue weighted by Crippen LogP contribution is 2.22. The van der Waals surface area contributed by atoms with Gasteiger partial charge in [-0.3, -0.25) is 14.9 Å². The lowest BCUT2D eigenvalue weighted by molar-refractivity contribution is -0.384. The summed E-state index contributed by atoms with van der Waals surface area (Å²) in [7, 11) is 0. The first-order valence-electron chi connectivity index (χ1n) is 7.17. The van der Waals surface area contributed by atoms with E-state index >= 15 is 0 Å². The van der Waals surface area contributed by atoms with Gasteiger partial charge in [-0.05, 0) is 18.4 Å². The van der Waals surface area contributed by atoms with Crippen LogP contribution >= 0.6 is 0 Å². The number of hydrogen-bond donors (Lipinski definition) is 3. The topological polar surface area (TPSA) is 134 Å². The minimum Gasteiger partial charge on any atom is -0.480 e. The zero-order chi connectivity index (χ0) is 17.6. The van der Waals surface area contributed by atoms with Crippen LogP contribution in [0.2, 0.25) is 0 Å². The molecule has 1 amide bonds. The van der Waals surface area contributed by atoms with Gasteiger partial charge in [0.05, 0.1) is 4.92 Å². The highest BCUT2D eigenvalue weighted by atomic mass is 16.6. The Balaban J connectivity index is 2.98. The van der Waals surface area contributed by atoms with Gasteiger partial charge in [0.1, 0.15) is 12.1 Å². The maximum atomic E-state index is 12.3. The Morgan fingerprint density at radius 3 is 2.57 bits per heavy atom. The summed E-state index contributed by atoms with van der Waals surface area (Å²) in [6, 6.07) is 0.837. The number of amides is 1. The van der Waals surface area contributed by atoms with E-state index in [1.165, 1.54) is 18.3 Å². The first kappa shape index (κ1) is 18.3. The third-order valence-electron chi connectivity index (χ3n) is 3.25. The van der Waals surface area contributed by atoms with E-state index in [0.29, 0.717) is 0 Å². The van der Waals surface area contributed by atoms with E-state index < -0.39 is 28.9 Å². The summed E-state index contributed by atoms with van der Waals surface area (Å²) in [5.41, 5.74) is -0.253. The second-order valence-electron chi connectivity index (χ2n) is 5.30. The van der Waals surface area contributed by atoms with E-state index in [-0.39, 0.29) is 23.8 Å². The van der Waals surface area contributed by atoms with E-state index in [2.05, 4.69) is 15.6 Å². The highest BCUT2D eigenvalue weighted by Gasteiger charge is 2.28. The molecule has 9 nitrogen and oxygen atoms in total. The lowest BCUT2D eigenvalue weighted by Crippen LogP contribution is -2.49. The lowest BCUT2D eigenvalue weighted by Gasteiger charge is -2.23. The highest BCUT2D eigenvalue weighted by molar-refractivity contribution is 5.89. The zero-order valence-electron chi connectivity index (χ0n) is 13.1. The van der Waals surface area contributed by atoms with Crippen LogP contribution in [0.4, 0.5) is 11.5 Å². The van der Waals surface area contributed by atoms with Gasteiger partial charge in [-0.1, -0.05) is 20.8 Å². The molecule has 0 aliphatic carbocycles. The van der Waals surface area contributed by atoms with Crippen LogP contribution in [0, 0.1) is 16.0 Å². The van der Waals surface area contributed by atoms with Gasteiger partial charge in [0.25, 0.3) is 0 Å². The van der Waals surface area contributed by atoms with E-state index in [0.717, 1.165) is 0 Å². The predicted octanol–water partition coefficient (Wildman–Crippen LogP) is 1.41. The number of nitro groups is 1. The number of aromatic nitrogens is 1. The third kappa shape index (κ3) is 4.90. The summed E-state index contributed by atoms with van der Waals surface area (Å²) in [5.74, 6) is -1.95. The van der Waals surface area contributed by atoms with Gasteiger partial charge in [-0.2, -0.15) is 0 Å². The lowest BCUT2D eigenvalue weighted by atomic mass is 10.0. The Labute approximate surface area is 133 Å². The van der Waals surface area contributed by atoms with Gasteiger partial charge in [0.15, 0.2) is 0 Å². The van der Waals surface area contributed by atoms with E-state index in [1.807, 2.05) is 0 Å². The average Bonchev–Trinajstić information content (AvgIpc) is 2.49. The molecule has 1 aromatic heterocycles. The molecular formula is C14H20N4O5. The van der Waals surface area contributed by atoms with Crippen molar-refractivity contribution in [1.82, 2.24) is 10.3 Å². The SMILES string of the molecule is CCC(NC(=O)C(Nc1ncccc1[N+](=O)[O-])C(C)C)C(=O)O. The van der Waals surface area contributed by atoms with Crippen molar-refractivity contribution in [3.8, 4) is 0 Å². The average molecular weight is 324 g/mol. The van der Waals surface area contributed by atoms with Crippen LogP contribution in [0.25, 0.3) is 0 Å². The van der Waals surface area contributed by atoms with Crippen molar-refractivity contribution in [1.29, 1.82) is 0 Å². The largest absolute Gasteiger partial charge is 0.480 e. The Morgan fingerprint density at radius 2 is 2.09 bits per heavy atom. The molecule has 0 saturated heterocycles. The van der Waals surface area contributed by atoms with Crippen molar-refractivity contribution >= 4 is 23.4 Å². The Bertz CT molecular complexity index is 590. The molecule has 1 aromatic rings. The van der Waals surface area contributed by atoms with Gasteiger partial charge in [-0.25, -0.2) is 9.78 Å². The fourth-order valence-electron chi connectivity index (χ4n) is 1.94. The first-order chi connectivity index (χ1) is 10.8. The van der Waals surface area contributed by atoms with Gasteiger partial charge in [-0.15, -0.1) is 0 Å². The fourth-order valence-corrected chi connectivity index (χ4v) is 1.94. The standard InChI is InChI=1S/C14H20N4O5/c1-4-9(14(20)21)16-13(19)11(8(2)3)17-12-10(18(22)23)6-5-7-15-12/h5-9,11H,4H2,1-3H3,(H,15,17)(H,16,19)(H,20,21). The molecule has 2 atom stereocenters. The molecule has 1 rings (SSSR count). The summed E-state index contributed by atoms with van der Waals surface area (Å²) in [6.07, 6.45) is 1.60. The summed E-state index contributed by atoms with van der Waals surface area (Å²) in [4.78, 5) is 37.6. The van der Waals surface area contributed by atoms with Crippen molar-refractivity contribution < 1.29 is 19.6 Å². The number of aliphatic carboxylic acids is 1. The molecule has 126 valence electrons. The molecule has 0 aromatic carbocycles. The van der Waals surface area contributed by atoms with Crippen molar-refractivity contribution in [2.24, 2.45) is 5.92 Å². The van der Waals surface area contributed by atoms with E-state index in [4.69, 9.17) is 5.11 Å². The van der Waals surface area contributed by atoms with E-state index in [1.54, 1.807) is 20.8 Å². The number of carboxylic acid groups (broad SMARTS) is 1. The van der Waals surface area contributed by atoms with Crippen LogP contribution in [-0.2, 0) is 9.59 Å². The second kappa shape index (κ2) is 8.06. The Morgan fingerprint density at radius 1 is 1.43 bits per heavy atom. The Hall–Kier alpha value is -2.71. The number of nitrogens with zero attached hydrogens (tertiary/aromatic N) is 2.